The van der Waals surface area contributed by atoms with Gasteiger partial charge in [-0.25, -0.2) is 0 Å². The van der Waals surface area contributed by atoms with E-state index >= 15 is 0 Å². The number of hydrogen-bond donors (Lipinski definition) is 0. The molecule has 0 aliphatic heterocycles. The number of hydrogen-bond acceptors (Lipinski definition) is 0. The van der Waals surface area contributed by atoms with Crippen LogP contribution < -0.4 is 0 Å². The summed E-state index contributed by atoms with van der Waals surface area (Å²) in [6, 6.07) is 33.7. The first kappa shape index (κ1) is 15.2. The van der Waals surface area contributed by atoms with Crippen LogP contribution in [0.3, 0.4) is 0 Å². The summed E-state index contributed by atoms with van der Waals surface area (Å²) in [6.45, 7) is 0. The van der Waals surface area contributed by atoms with Crippen LogP contribution in [-0.4, -0.2) is 4.57 Å². The highest BCUT2D eigenvalue weighted by Crippen LogP contribution is 2.35. The Bertz CT molecular complexity index is 1220. The molecular formula is C24H16ClN. The molecule has 0 spiro atoms. The van der Waals surface area contributed by atoms with Crippen molar-refractivity contribution in [3.63, 3.8) is 0 Å². The van der Waals surface area contributed by atoms with Gasteiger partial charge in [-0.15, -0.1) is 0 Å². The maximum absolute atomic E-state index is 6.32. The third-order valence-electron chi connectivity index (χ3n) is 4.85. The zero-order chi connectivity index (χ0) is 17.5. The van der Waals surface area contributed by atoms with Gasteiger partial charge in [0, 0.05) is 21.5 Å². The van der Waals surface area contributed by atoms with E-state index in [0.29, 0.717) is 0 Å². The van der Waals surface area contributed by atoms with Crippen LogP contribution in [0.2, 0.25) is 5.02 Å². The van der Waals surface area contributed by atoms with Crippen molar-refractivity contribution in [2.75, 3.05) is 0 Å². The summed E-state index contributed by atoms with van der Waals surface area (Å²) in [5.74, 6) is 0. The maximum Gasteiger partial charge on any atom is 0.0555 e. The van der Waals surface area contributed by atoms with Gasteiger partial charge < -0.3 is 4.57 Å². The van der Waals surface area contributed by atoms with Gasteiger partial charge in [0.1, 0.15) is 0 Å². The Morgan fingerprint density at radius 2 is 1.27 bits per heavy atom. The summed E-state index contributed by atoms with van der Waals surface area (Å²) in [7, 11) is 0. The zero-order valence-corrected chi connectivity index (χ0v) is 14.8. The Kier molecular flexibility index (Phi) is 3.55. The third-order valence-corrected chi connectivity index (χ3v) is 5.08. The molecule has 0 radical (unpaired) electrons. The van der Waals surface area contributed by atoms with Crippen LogP contribution in [0, 0.1) is 0 Å². The first-order valence-corrected chi connectivity index (χ1v) is 9.04. The molecule has 1 heterocycles. The quantitative estimate of drug-likeness (QED) is 0.319. The first-order valence-electron chi connectivity index (χ1n) is 8.66. The van der Waals surface area contributed by atoms with Gasteiger partial charge in [-0.3, -0.25) is 0 Å². The van der Waals surface area contributed by atoms with E-state index in [0.717, 1.165) is 16.2 Å². The number of halogens is 1. The molecule has 0 N–H and O–H groups in total. The van der Waals surface area contributed by atoms with Crippen LogP contribution in [0.15, 0.2) is 97.1 Å². The van der Waals surface area contributed by atoms with Gasteiger partial charge in [0.05, 0.1) is 11.0 Å². The normalized spacial score (nSPS) is 11.3. The Morgan fingerprint density at radius 3 is 2.04 bits per heavy atom. The van der Waals surface area contributed by atoms with Gasteiger partial charge >= 0.3 is 0 Å². The molecule has 26 heavy (non-hydrogen) atoms. The molecule has 0 fully saturated rings. The molecule has 0 aliphatic rings. The van der Waals surface area contributed by atoms with Crippen LogP contribution in [0.5, 0.6) is 0 Å². The molecular weight excluding hydrogens is 338 g/mol. The maximum atomic E-state index is 6.32. The molecule has 1 nitrogen and oxygen atoms in total. The molecule has 1 aromatic heterocycles. The summed E-state index contributed by atoms with van der Waals surface area (Å²) in [6.07, 6.45) is 0. The number of rotatable bonds is 2. The van der Waals surface area contributed by atoms with Crippen molar-refractivity contribution in [3.8, 4) is 16.8 Å². The Morgan fingerprint density at radius 1 is 0.538 bits per heavy atom. The SMILES string of the molecule is Clc1ccc2c3cc(-c4ccccc4)ccc3n(-c3ccccc3)c2c1. The average Bonchev–Trinajstić information content (AvgIpc) is 3.02. The molecule has 0 bridgehead atoms. The molecule has 124 valence electrons. The van der Waals surface area contributed by atoms with Gasteiger partial charge in [0.15, 0.2) is 0 Å². The molecule has 0 amide bonds. The van der Waals surface area contributed by atoms with Crippen molar-refractivity contribution < 1.29 is 0 Å². The Hall–Kier alpha value is -3.03. The summed E-state index contributed by atoms with van der Waals surface area (Å²) < 4.78 is 2.28. The fourth-order valence-corrected chi connectivity index (χ4v) is 3.83. The zero-order valence-electron chi connectivity index (χ0n) is 14.1. The van der Waals surface area contributed by atoms with E-state index in [4.69, 9.17) is 11.6 Å². The largest absolute Gasteiger partial charge is 0.309 e. The van der Waals surface area contributed by atoms with Crippen molar-refractivity contribution in [3.05, 3.63) is 102 Å². The van der Waals surface area contributed by atoms with Crippen molar-refractivity contribution in [2.24, 2.45) is 0 Å². The number of para-hydroxylation sites is 1. The summed E-state index contributed by atoms with van der Waals surface area (Å²) in [4.78, 5) is 0. The number of aromatic nitrogens is 1. The number of nitrogens with zero attached hydrogens (tertiary/aromatic N) is 1. The minimum atomic E-state index is 0.751. The third kappa shape index (κ3) is 2.40. The van der Waals surface area contributed by atoms with Crippen LogP contribution >= 0.6 is 11.6 Å². The fourth-order valence-electron chi connectivity index (χ4n) is 3.66. The van der Waals surface area contributed by atoms with Crippen molar-refractivity contribution in [2.45, 2.75) is 0 Å². The monoisotopic (exact) mass is 353 g/mol. The van der Waals surface area contributed by atoms with Crippen LogP contribution in [0.25, 0.3) is 38.6 Å². The lowest BCUT2D eigenvalue weighted by atomic mass is 10.0. The molecule has 0 saturated carbocycles. The van der Waals surface area contributed by atoms with Gasteiger partial charge in [-0.1, -0.05) is 72.3 Å². The molecule has 2 heteroatoms. The molecule has 0 aliphatic carbocycles. The van der Waals surface area contributed by atoms with Crippen molar-refractivity contribution in [1.82, 2.24) is 4.57 Å². The van der Waals surface area contributed by atoms with Crippen LogP contribution in [-0.2, 0) is 0 Å². The second-order valence-corrected chi connectivity index (χ2v) is 6.87. The molecule has 5 aromatic rings. The van der Waals surface area contributed by atoms with Crippen LogP contribution in [0.4, 0.5) is 0 Å². The predicted molar refractivity (Wildman–Crippen MR) is 111 cm³/mol. The molecule has 0 saturated heterocycles. The second kappa shape index (κ2) is 6.05. The van der Waals surface area contributed by atoms with E-state index in [9.17, 15) is 0 Å². The molecule has 0 unspecified atom stereocenters. The van der Waals surface area contributed by atoms with Gasteiger partial charge in [-0.2, -0.15) is 0 Å². The van der Waals surface area contributed by atoms with Gasteiger partial charge in [-0.05, 0) is 47.5 Å². The minimum Gasteiger partial charge on any atom is -0.309 e. The highest BCUT2D eigenvalue weighted by Gasteiger charge is 2.13. The Labute approximate surface area is 157 Å². The first-order chi connectivity index (χ1) is 12.8. The molecule has 5 rings (SSSR count). The lowest BCUT2D eigenvalue weighted by Gasteiger charge is -2.08. The molecule has 4 aromatic carbocycles. The number of benzene rings is 4. The molecule has 0 atom stereocenters. The van der Waals surface area contributed by atoms with Gasteiger partial charge in [0.25, 0.3) is 0 Å². The van der Waals surface area contributed by atoms with E-state index < -0.39 is 0 Å². The summed E-state index contributed by atoms with van der Waals surface area (Å²) in [5.41, 5.74) is 5.91. The number of fused-ring (bicyclic) bond motifs is 3. The lowest BCUT2D eigenvalue weighted by molar-refractivity contribution is 1.18. The van der Waals surface area contributed by atoms with Crippen LogP contribution in [0.1, 0.15) is 0 Å². The second-order valence-electron chi connectivity index (χ2n) is 6.43. The van der Waals surface area contributed by atoms with E-state index in [-0.39, 0.29) is 0 Å². The Balaban J connectivity index is 1.87. The predicted octanol–water partition coefficient (Wildman–Crippen LogP) is 7.10. The highest BCUT2D eigenvalue weighted by molar-refractivity contribution is 6.31. The smallest absolute Gasteiger partial charge is 0.0555 e. The minimum absolute atomic E-state index is 0.751. The van der Waals surface area contributed by atoms with Gasteiger partial charge in [0.2, 0.25) is 0 Å². The van der Waals surface area contributed by atoms with E-state index in [1.165, 1.54) is 27.4 Å². The summed E-state index contributed by atoms with van der Waals surface area (Å²) in [5, 5.41) is 3.20. The van der Waals surface area contributed by atoms with Crippen molar-refractivity contribution >= 4 is 33.4 Å². The highest BCUT2D eigenvalue weighted by atomic mass is 35.5. The summed E-state index contributed by atoms with van der Waals surface area (Å²) >= 11 is 6.32. The average molecular weight is 354 g/mol. The lowest BCUT2D eigenvalue weighted by Crippen LogP contribution is -1.92. The topological polar surface area (TPSA) is 4.93 Å². The van der Waals surface area contributed by atoms with E-state index in [1.54, 1.807) is 0 Å². The van der Waals surface area contributed by atoms with Crippen molar-refractivity contribution in [1.29, 1.82) is 0 Å². The van der Waals surface area contributed by atoms with E-state index in [2.05, 4.69) is 77.4 Å². The standard InChI is InChI=1S/C24H16ClN/c25-19-12-13-21-22-15-18(17-7-3-1-4-8-17)11-14-23(22)26(24(21)16-19)20-9-5-2-6-10-20/h1-16H. The fraction of sp³-hybridized carbons (Fsp3) is 0. The van der Waals surface area contributed by atoms with E-state index in [1.807, 2.05) is 24.3 Å².